The predicted octanol–water partition coefficient (Wildman–Crippen LogP) is 4.33. The van der Waals surface area contributed by atoms with Crippen molar-refractivity contribution in [3.8, 4) is 0 Å². The molecule has 1 aliphatic carbocycles. The number of piperidine rings is 1. The fraction of sp³-hybridized carbons (Fsp3) is 0.647. The van der Waals surface area contributed by atoms with E-state index in [1.807, 2.05) is 0 Å². The summed E-state index contributed by atoms with van der Waals surface area (Å²) in [5, 5.41) is 3.66. The van der Waals surface area contributed by atoms with Gasteiger partial charge in [-0.1, -0.05) is 22.9 Å². The largest absolute Gasteiger partial charge is 0.368 e. The molecule has 3 heteroatoms. The van der Waals surface area contributed by atoms with Gasteiger partial charge in [-0.3, -0.25) is 0 Å². The Morgan fingerprint density at radius 1 is 1.20 bits per heavy atom. The Morgan fingerprint density at radius 3 is 2.75 bits per heavy atom. The maximum atomic E-state index is 3.66. The molecule has 2 atom stereocenters. The lowest BCUT2D eigenvalue weighted by atomic mass is 9.93. The number of hydrogen-bond acceptors (Lipinski definition) is 2. The molecule has 2 fully saturated rings. The Hall–Kier alpha value is -0.540. The lowest BCUT2D eigenvalue weighted by Gasteiger charge is -2.39. The highest BCUT2D eigenvalue weighted by molar-refractivity contribution is 9.10. The molecule has 1 saturated carbocycles. The van der Waals surface area contributed by atoms with Crippen LogP contribution in [-0.4, -0.2) is 18.6 Å². The third-order valence-electron chi connectivity index (χ3n) is 4.63. The summed E-state index contributed by atoms with van der Waals surface area (Å²) in [5.74, 6) is 0.805. The summed E-state index contributed by atoms with van der Waals surface area (Å²) >= 11 is 3.62. The zero-order chi connectivity index (χ0) is 14.1. The second-order valence-electron chi connectivity index (χ2n) is 6.61. The normalized spacial score (nSPS) is 26.9. The molecule has 1 aromatic carbocycles. The van der Waals surface area contributed by atoms with Crippen molar-refractivity contribution in [2.75, 3.05) is 11.4 Å². The van der Waals surface area contributed by atoms with Crippen LogP contribution in [0.2, 0.25) is 0 Å². The van der Waals surface area contributed by atoms with Crippen LogP contribution in [0.4, 0.5) is 5.69 Å². The van der Waals surface area contributed by atoms with Crippen LogP contribution < -0.4 is 10.2 Å². The van der Waals surface area contributed by atoms with Crippen molar-refractivity contribution in [2.24, 2.45) is 5.92 Å². The number of halogens is 1. The van der Waals surface area contributed by atoms with Crippen LogP contribution in [0.15, 0.2) is 22.7 Å². The molecule has 0 aromatic heterocycles. The van der Waals surface area contributed by atoms with Gasteiger partial charge >= 0.3 is 0 Å². The van der Waals surface area contributed by atoms with E-state index in [2.05, 4.69) is 58.2 Å². The molecule has 2 unspecified atom stereocenters. The highest BCUT2D eigenvalue weighted by atomic mass is 79.9. The Kier molecular flexibility index (Phi) is 4.37. The van der Waals surface area contributed by atoms with Gasteiger partial charge in [-0.2, -0.15) is 0 Å². The summed E-state index contributed by atoms with van der Waals surface area (Å²) in [6.07, 6.45) is 5.37. The number of anilines is 1. The minimum atomic E-state index is 0.659. The molecule has 3 rings (SSSR count). The van der Waals surface area contributed by atoms with Crippen LogP contribution in [0.25, 0.3) is 0 Å². The fourth-order valence-electron chi connectivity index (χ4n) is 3.14. The molecule has 0 amide bonds. The van der Waals surface area contributed by atoms with Crippen LogP contribution in [-0.2, 0) is 6.54 Å². The number of rotatable bonds is 4. The van der Waals surface area contributed by atoms with Gasteiger partial charge in [0.25, 0.3) is 0 Å². The van der Waals surface area contributed by atoms with Gasteiger partial charge in [-0.15, -0.1) is 0 Å². The molecule has 20 heavy (non-hydrogen) atoms. The first-order valence-corrected chi connectivity index (χ1v) is 8.71. The Bertz CT molecular complexity index is 470. The highest BCUT2D eigenvalue weighted by Crippen LogP contribution is 2.32. The summed E-state index contributed by atoms with van der Waals surface area (Å²) in [6.45, 7) is 6.93. The molecule has 110 valence electrons. The van der Waals surface area contributed by atoms with Crippen molar-refractivity contribution in [2.45, 2.75) is 58.2 Å². The van der Waals surface area contributed by atoms with E-state index in [0.717, 1.165) is 18.5 Å². The smallest absolute Gasteiger partial charge is 0.0415 e. The molecular weight excluding hydrogens is 312 g/mol. The number of nitrogens with one attached hydrogen (secondary N) is 1. The van der Waals surface area contributed by atoms with Gasteiger partial charge in [0.2, 0.25) is 0 Å². The van der Waals surface area contributed by atoms with Gasteiger partial charge in [0.1, 0.15) is 0 Å². The van der Waals surface area contributed by atoms with Crippen molar-refractivity contribution in [1.29, 1.82) is 0 Å². The zero-order valence-corrected chi connectivity index (χ0v) is 14.1. The first-order valence-electron chi connectivity index (χ1n) is 7.92. The first-order chi connectivity index (χ1) is 9.63. The summed E-state index contributed by atoms with van der Waals surface area (Å²) in [6, 6.07) is 8.19. The van der Waals surface area contributed by atoms with Crippen molar-refractivity contribution in [1.82, 2.24) is 5.32 Å². The molecular formula is C17H25BrN2. The summed E-state index contributed by atoms with van der Waals surface area (Å²) < 4.78 is 1.19. The second kappa shape index (κ2) is 6.07. The Balaban J connectivity index is 1.82. The maximum Gasteiger partial charge on any atom is 0.0415 e. The lowest BCUT2D eigenvalue weighted by Crippen LogP contribution is -2.41. The van der Waals surface area contributed by atoms with Crippen LogP contribution >= 0.6 is 15.9 Å². The second-order valence-corrected chi connectivity index (χ2v) is 7.53. The summed E-state index contributed by atoms with van der Waals surface area (Å²) in [5.41, 5.74) is 2.87. The maximum absolute atomic E-state index is 3.66. The van der Waals surface area contributed by atoms with E-state index in [1.165, 1.54) is 48.0 Å². The predicted molar refractivity (Wildman–Crippen MR) is 89.2 cm³/mol. The third kappa shape index (κ3) is 3.37. The quantitative estimate of drug-likeness (QED) is 0.880. The van der Waals surface area contributed by atoms with Crippen LogP contribution in [0.3, 0.4) is 0 Å². The first kappa shape index (κ1) is 14.4. The number of nitrogens with zero attached hydrogens (tertiary/aromatic N) is 1. The average molecular weight is 337 g/mol. The number of benzene rings is 1. The molecule has 1 aliphatic heterocycles. The standard InChI is InChI=1S/C17H25BrN2/c1-12-3-4-13(2)20(11-12)17-8-5-15(18)9-14(17)10-19-16-6-7-16/h5,8-9,12-13,16,19H,3-4,6-7,10-11H2,1-2H3. The van der Waals surface area contributed by atoms with E-state index < -0.39 is 0 Å². The molecule has 0 spiro atoms. The molecule has 1 heterocycles. The Labute approximate surface area is 131 Å². The van der Waals surface area contributed by atoms with E-state index in [0.29, 0.717) is 6.04 Å². The molecule has 2 nitrogen and oxygen atoms in total. The van der Waals surface area contributed by atoms with Gasteiger partial charge < -0.3 is 10.2 Å². The van der Waals surface area contributed by atoms with E-state index in [1.54, 1.807) is 0 Å². The lowest BCUT2D eigenvalue weighted by molar-refractivity contribution is 0.389. The number of hydrogen-bond donors (Lipinski definition) is 1. The van der Waals surface area contributed by atoms with Crippen LogP contribution in [0, 0.1) is 5.92 Å². The minimum absolute atomic E-state index is 0.659. The zero-order valence-electron chi connectivity index (χ0n) is 12.5. The van der Waals surface area contributed by atoms with Gasteiger partial charge in [-0.05, 0) is 62.3 Å². The fourth-order valence-corrected chi connectivity index (χ4v) is 3.55. The van der Waals surface area contributed by atoms with Crippen molar-refractivity contribution in [3.63, 3.8) is 0 Å². The van der Waals surface area contributed by atoms with E-state index >= 15 is 0 Å². The van der Waals surface area contributed by atoms with E-state index in [9.17, 15) is 0 Å². The van der Waals surface area contributed by atoms with Crippen molar-refractivity contribution >= 4 is 21.6 Å². The molecule has 0 radical (unpaired) electrons. The SMILES string of the molecule is CC1CCC(C)N(c2ccc(Br)cc2CNC2CC2)C1. The molecule has 1 saturated heterocycles. The molecule has 2 aliphatic rings. The van der Waals surface area contributed by atoms with Gasteiger partial charge in [0.15, 0.2) is 0 Å². The third-order valence-corrected chi connectivity index (χ3v) is 5.12. The van der Waals surface area contributed by atoms with Crippen molar-refractivity contribution < 1.29 is 0 Å². The molecule has 0 bridgehead atoms. The van der Waals surface area contributed by atoms with E-state index in [-0.39, 0.29) is 0 Å². The van der Waals surface area contributed by atoms with Gasteiger partial charge in [0.05, 0.1) is 0 Å². The summed E-state index contributed by atoms with van der Waals surface area (Å²) in [7, 11) is 0. The molecule has 1 N–H and O–H groups in total. The molecule has 1 aromatic rings. The van der Waals surface area contributed by atoms with Crippen LogP contribution in [0.5, 0.6) is 0 Å². The Morgan fingerprint density at radius 2 is 2.00 bits per heavy atom. The van der Waals surface area contributed by atoms with Crippen molar-refractivity contribution in [3.05, 3.63) is 28.2 Å². The average Bonchev–Trinajstić information content (AvgIpc) is 3.24. The summed E-state index contributed by atoms with van der Waals surface area (Å²) in [4.78, 5) is 2.62. The van der Waals surface area contributed by atoms with E-state index in [4.69, 9.17) is 0 Å². The van der Waals surface area contributed by atoms with Gasteiger partial charge in [-0.25, -0.2) is 0 Å². The monoisotopic (exact) mass is 336 g/mol. The van der Waals surface area contributed by atoms with Crippen LogP contribution in [0.1, 0.15) is 45.1 Å². The minimum Gasteiger partial charge on any atom is -0.368 e. The van der Waals surface area contributed by atoms with Gasteiger partial charge in [0, 0.05) is 35.3 Å². The highest BCUT2D eigenvalue weighted by Gasteiger charge is 2.26. The topological polar surface area (TPSA) is 15.3 Å².